The van der Waals surface area contributed by atoms with E-state index in [1.165, 1.54) is 11.3 Å². The van der Waals surface area contributed by atoms with Crippen molar-refractivity contribution in [2.45, 2.75) is 58.4 Å². The molecular weight excluding hydrogens is 394 g/mol. The molecule has 0 radical (unpaired) electrons. The first-order valence-corrected chi connectivity index (χ1v) is 10.9. The summed E-state index contributed by atoms with van der Waals surface area (Å²) < 4.78 is 5.05. The molecule has 8 nitrogen and oxygen atoms in total. The van der Waals surface area contributed by atoms with Gasteiger partial charge in [-0.3, -0.25) is 14.5 Å². The third kappa shape index (κ3) is 4.01. The molecule has 0 unspecified atom stereocenters. The van der Waals surface area contributed by atoms with Gasteiger partial charge in [0.2, 0.25) is 5.91 Å². The Morgan fingerprint density at radius 3 is 2.76 bits per heavy atom. The van der Waals surface area contributed by atoms with E-state index in [1.54, 1.807) is 13.0 Å². The van der Waals surface area contributed by atoms with Crippen LogP contribution >= 0.6 is 11.3 Å². The highest BCUT2D eigenvalue weighted by atomic mass is 32.1. The van der Waals surface area contributed by atoms with E-state index in [4.69, 9.17) is 4.74 Å². The SMILES string of the molecule is CCOC(=O)c1cc(CC)sc1NC(=O)CN1C(=O)N[C@]2(CCCC[C@H]2C)C1=O. The van der Waals surface area contributed by atoms with Crippen molar-refractivity contribution in [3.63, 3.8) is 0 Å². The molecule has 1 saturated heterocycles. The molecule has 3 rings (SSSR count). The zero-order chi connectivity index (χ0) is 21.2. The van der Waals surface area contributed by atoms with Crippen LogP contribution in [0.15, 0.2) is 6.07 Å². The van der Waals surface area contributed by atoms with Gasteiger partial charge in [-0.15, -0.1) is 11.3 Å². The lowest BCUT2D eigenvalue weighted by atomic mass is 9.73. The Morgan fingerprint density at radius 2 is 2.10 bits per heavy atom. The normalized spacial score (nSPS) is 24.0. The number of nitrogens with one attached hydrogen (secondary N) is 2. The van der Waals surface area contributed by atoms with E-state index < -0.39 is 23.4 Å². The molecule has 1 aromatic heterocycles. The lowest BCUT2D eigenvalue weighted by molar-refractivity contribution is -0.136. The first kappa shape index (κ1) is 21.3. The number of aryl methyl sites for hydroxylation is 1. The quantitative estimate of drug-likeness (QED) is 0.543. The highest BCUT2D eigenvalue weighted by molar-refractivity contribution is 7.16. The monoisotopic (exact) mass is 421 g/mol. The summed E-state index contributed by atoms with van der Waals surface area (Å²) in [6, 6.07) is 1.16. The van der Waals surface area contributed by atoms with Crippen molar-refractivity contribution in [3.8, 4) is 0 Å². The van der Waals surface area contributed by atoms with Crippen LogP contribution in [0, 0.1) is 5.92 Å². The van der Waals surface area contributed by atoms with Crippen molar-refractivity contribution in [1.29, 1.82) is 0 Å². The number of carbonyl (C=O) groups is 4. The summed E-state index contributed by atoms with van der Waals surface area (Å²) in [7, 11) is 0. The molecule has 2 aliphatic rings. The molecule has 2 N–H and O–H groups in total. The van der Waals surface area contributed by atoms with Crippen LogP contribution in [0.4, 0.5) is 9.80 Å². The highest BCUT2D eigenvalue weighted by Gasteiger charge is 2.55. The van der Waals surface area contributed by atoms with Crippen LogP contribution in [-0.2, 0) is 20.7 Å². The summed E-state index contributed by atoms with van der Waals surface area (Å²) >= 11 is 1.29. The third-order valence-electron chi connectivity index (χ3n) is 5.68. The molecule has 158 valence electrons. The number of amides is 4. The van der Waals surface area contributed by atoms with Crippen LogP contribution in [0.5, 0.6) is 0 Å². The van der Waals surface area contributed by atoms with Crippen molar-refractivity contribution in [3.05, 3.63) is 16.5 Å². The summed E-state index contributed by atoms with van der Waals surface area (Å²) in [4.78, 5) is 52.1. The summed E-state index contributed by atoms with van der Waals surface area (Å²) in [6.45, 7) is 5.46. The molecule has 1 aromatic rings. The van der Waals surface area contributed by atoms with Gasteiger partial charge in [-0.1, -0.05) is 26.7 Å². The molecule has 0 aromatic carbocycles. The third-order valence-corrected chi connectivity index (χ3v) is 6.88. The van der Waals surface area contributed by atoms with E-state index in [1.807, 2.05) is 13.8 Å². The van der Waals surface area contributed by atoms with Crippen LogP contribution < -0.4 is 10.6 Å². The molecule has 29 heavy (non-hydrogen) atoms. The Balaban J connectivity index is 1.73. The van der Waals surface area contributed by atoms with Gasteiger partial charge in [0.25, 0.3) is 5.91 Å². The van der Waals surface area contributed by atoms with Gasteiger partial charge in [-0.05, 0) is 38.2 Å². The smallest absolute Gasteiger partial charge is 0.341 e. The summed E-state index contributed by atoms with van der Waals surface area (Å²) in [5, 5.41) is 5.89. The molecule has 1 aliphatic heterocycles. The molecule has 2 heterocycles. The summed E-state index contributed by atoms with van der Waals surface area (Å²) in [5.41, 5.74) is -0.610. The van der Waals surface area contributed by atoms with E-state index in [9.17, 15) is 19.2 Å². The number of urea groups is 1. The molecule has 1 aliphatic carbocycles. The lowest BCUT2D eigenvalue weighted by Crippen LogP contribution is -2.54. The topological polar surface area (TPSA) is 105 Å². The fourth-order valence-corrected chi connectivity index (χ4v) is 5.02. The average Bonchev–Trinajstić information content (AvgIpc) is 3.19. The van der Waals surface area contributed by atoms with Crippen molar-refractivity contribution >= 4 is 40.2 Å². The van der Waals surface area contributed by atoms with E-state index in [0.29, 0.717) is 17.8 Å². The predicted molar refractivity (Wildman–Crippen MR) is 109 cm³/mol. The minimum Gasteiger partial charge on any atom is -0.462 e. The van der Waals surface area contributed by atoms with Crippen molar-refractivity contribution in [2.24, 2.45) is 5.92 Å². The number of carbonyl (C=O) groups excluding carboxylic acids is 4. The zero-order valence-electron chi connectivity index (χ0n) is 17.0. The maximum atomic E-state index is 13.0. The molecule has 1 spiro atoms. The maximum absolute atomic E-state index is 13.0. The number of anilines is 1. The number of esters is 1. The fourth-order valence-electron chi connectivity index (χ4n) is 4.02. The number of rotatable bonds is 6. The van der Waals surface area contributed by atoms with Crippen LogP contribution in [0.25, 0.3) is 0 Å². The predicted octanol–water partition coefficient (Wildman–Crippen LogP) is 2.93. The molecule has 2 fully saturated rings. The van der Waals surface area contributed by atoms with E-state index in [-0.39, 0.29) is 30.5 Å². The van der Waals surface area contributed by atoms with Gasteiger partial charge in [-0.2, -0.15) is 0 Å². The second-order valence-corrected chi connectivity index (χ2v) is 8.65. The van der Waals surface area contributed by atoms with Gasteiger partial charge < -0.3 is 15.4 Å². The van der Waals surface area contributed by atoms with Gasteiger partial charge >= 0.3 is 12.0 Å². The number of ether oxygens (including phenoxy) is 1. The first-order chi connectivity index (χ1) is 13.8. The van der Waals surface area contributed by atoms with Gasteiger partial charge in [0.1, 0.15) is 17.1 Å². The van der Waals surface area contributed by atoms with Crippen LogP contribution in [0.3, 0.4) is 0 Å². The number of imide groups is 1. The van der Waals surface area contributed by atoms with Gasteiger partial charge in [0.05, 0.1) is 12.2 Å². The molecular formula is C20H27N3O5S. The van der Waals surface area contributed by atoms with Crippen molar-refractivity contribution < 1.29 is 23.9 Å². The standard InChI is InChI=1S/C20H27N3O5S/c1-4-13-10-14(17(25)28-5-2)16(29-13)21-15(24)11-23-18(26)20(22-19(23)27)9-7-6-8-12(20)3/h10,12H,4-9,11H2,1-3H3,(H,21,24)(H,22,27)/t12-,20+/m1/s1. The summed E-state index contributed by atoms with van der Waals surface area (Å²) in [5.74, 6) is -1.34. The molecule has 0 bridgehead atoms. The van der Waals surface area contributed by atoms with Crippen molar-refractivity contribution in [1.82, 2.24) is 10.2 Å². The second kappa shape index (κ2) is 8.52. The number of thiophene rings is 1. The molecule has 9 heteroatoms. The lowest BCUT2D eigenvalue weighted by Gasteiger charge is -2.36. The average molecular weight is 422 g/mol. The van der Waals surface area contributed by atoms with E-state index in [2.05, 4.69) is 10.6 Å². The Morgan fingerprint density at radius 1 is 1.34 bits per heavy atom. The number of nitrogens with zero attached hydrogens (tertiary/aromatic N) is 1. The maximum Gasteiger partial charge on any atom is 0.341 e. The molecule has 2 atom stereocenters. The summed E-state index contributed by atoms with van der Waals surface area (Å²) in [6.07, 6.45) is 4.06. The van der Waals surface area contributed by atoms with E-state index >= 15 is 0 Å². The highest BCUT2D eigenvalue weighted by Crippen LogP contribution is 2.38. The van der Waals surface area contributed by atoms with E-state index in [0.717, 1.165) is 29.0 Å². The van der Waals surface area contributed by atoms with Crippen molar-refractivity contribution in [2.75, 3.05) is 18.5 Å². The molecule has 4 amide bonds. The minimum absolute atomic E-state index is 0.0283. The Kier molecular flexibility index (Phi) is 6.26. The minimum atomic E-state index is -0.899. The Labute approximate surface area is 174 Å². The number of hydrogen-bond acceptors (Lipinski definition) is 6. The van der Waals surface area contributed by atoms with Crippen LogP contribution in [-0.4, -0.2) is 47.4 Å². The van der Waals surface area contributed by atoms with Gasteiger partial charge in [-0.25, -0.2) is 9.59 Å². The van der Waals surface area contributed by atoms with Gasteiger partial charge in [0, 0.05) is 4.88 Å². The number of hydrogen-bond donors (Lipinski definition) is 2. The second-order valence-electron chi connectivity index (χ2n) is 7.52. The Hall–Kier alpha value is -2.42. The van der Waals surface area contributed by atoms with Crippen LogP contribution in [0.1, 0.15) is 61.7 Å². The first-order valence-electron chi connectivity index (χ1n) is 10.1. The Bertz CT molecular complexity index is 836. The van der Waals surface area contributed by atoms with Gasteiger partial charge in [0.15, 0.2) is 0 Å². The largest absolute Gasteiger partial charge is 0.462 e. The molecule has 1 saturated carbocycles. The zero-order valence-corrected chi connectivity index (χ0v) is 17.8. The van der Waals surface area contributed by atoms with Crippen LogP contribution in [0.2, 0.25) is 0 Å². The fraction of sp³-hybridized carbons (Fsp3) is 0.600.